The molecule has 168 valence electrons. The highest BCUT2D eigenvalue weighted by Gasteiger charge is 2.29. The Kier molecular flexibility index (Phi) is 5.69. The molecule has 7 nitrogen and oxygen atoms in total. The number of likely N-dealkylation sites (N-methyl/N-ethyl adjacent to an activating group) is 1. The number of carbonyl (C=O) groups is 1. The van der Waals surface area contributed by atoms with Gasteiger partial charge in [-0.05, 0) is 57.9 Å². The lowest BCUT2D eigenvalue weighted by atomic mass is 10.1. The first kappa shape index (κ1) is 21.4. The van der Waals surface area contributed by atoms with Gasteiger partial charge in [0.15, 0.2) is 0 Å². The summed E-state index contributed by atoms with van der Waals surface area (Å²) in [6, 6.07) is 6.47. The maximum Gasteiger partial charge on any atom is 0.228 e. The van der Waals surface area contributed by atoms with Crippen molar-refractivity contribution in [1.82, 2.24) is 19.9 Å². The van der Waals surface area contributed by atoms with Crippen LogP contribution in [0.25, 0.3) is 10.8 Å². The number of hydrogen-bond donors (Lipinski definition) is 1. The van der Waals surface area contributed by atoms with E-state index in [1.54, 1.807) is 12.4 Å². The van der Waals surface area contributed by atoms with Crippen LogP contribution in [0, 0.1) is 24.7 Å². The van der Waals surface area contributed by atoms with Gasteiger partial charge in [-0.1, -0.05) is 5.92 Å². The van der Waals surface area contributed by atoms with Crippen LogP contribution in [0.1, 0.15) is 36.7 Å². The molecule has 1 aliphatic heterocycles. The highest BCUT2D eigenvalue weighted by molar-refractivity contribution is 5.96. The maximum atomic E-state index is 12.1. The third-order valence-electron chi connectivity index (χ3n) is 6.57. The Bertz CT molecular complexity index is 1260. The van der Waals surface area contributed by atoms with Crippen LogP contribution >= 0.6 is 0 Å². The number of nitrogens with one attached hydrogen (secondary N) is 1. The van der Waals surface area contributed by atoms with Crippen LogP contribution in [0.5, 0.6) is 0 Å². The number of amides is 1. The number of rotatable bonds is 3. The number of hydrogen-bond acceptors (Lipinski definition) is 6. The van der Waals surface area contributed by atoms with Crippen LogP contribution in [0.15, 0.2) is 36.8 Å². The van der Waals surface area contributed by atoms with Crippen molar-refractivity contribution in [3.05, 3.63) is 53.7 Å². The van der Waals surface area contributed by atoms with Gasteiger partial charge in [-0.25, -0.2) is 9.97 Å². The Balaban J connectivity index is 1.38. The van der Waals surface area contributed by atoms with Gasteiger partial charge in [0, 0.05) is 60.5 Å². The molecule has 5 rings (SSSR count). The van der Waals surface area contributed by atoms with Crippen LogP contribution < -0.4 is 10.2 Å². The molecule has 7 heteroatoms. The number of fused-ring (bicyclic) bond motifs is 1. The number of nitrogens with zero attached hydrogens (tertiary/aromatic N) is 5. The van der Waals surface area contributed by atoms with Gasteiger partial charge in [0.2, 0.25) is 5.91 Å². The molecule has 1 amide bonds. The van der Waals surface area contributed by atoms with E-state index in [0.717, 1.165) is 60.2 Å². The van der Waals surface area contributed by atoms with Gasteiger partial charge in [0.25, 0.3) is 0 Å². The minimum Gasteiger partial charge on any atom is -0.367 e. The average Bonchev–Trinajstić information content (AvgIpc) is 3.67. The summed E-state index contributed by atoms with van der Waals surface area (Å²) in [6.07, 6.45) is 7.35. The fraction of sp³-hybridized carbons (Fsp3) is 0.385. The summed E-state index contributed by atoms with van der Waals surface area (Å²) in [7, 11) is 2.17. The number of aryl methyl sites for hydroxylation is 1. The van der Waals surface area contributed by atoms with Crippen molar-refractivity contribution in [3.8, 4) is 11.8 Å². The Morgan fingerprint density at radius 1 is 1.06 bits per heavy atom. The standard InChI is InChI=1S/C26H28N6O/c1-17-16-32(11-10-31(17)3)22-9-8-21(28-14-22)7-6-20-13-27-18(2)24-15-29-25(12-23(20)24)30-26(33)19-4-5-19/h8-9,12-15,17,19H,4-5,10-11,16H2,1-3H3,(H,29,30,33)/t17-/m1/s1. The first-order chi connectivity index (χ1) is 16.0. The molecular formula is C26H28N6O. The van der Waals surface area contributed by atoms with Crippen molar-refractivity contribution in [1.29, 1.82) is 0 Å². The van der Waals surface area contributed by atoms with Gasteiger partial charge in [0.05, 0.1) is 17.4 Å². The summed E-state index contributed by atoms with van der Waals surface area (Å²) < 4.78 is 0. The second kappa shape index (κ2) is 8.80. The zero-order valence-electron chi connectivity index (χ0n) is 19.3. The van der Waals surface area contributed by atoms with Gasteiger partial charge in [-0.2, -0.15) is 0 Å². The Morgan fingerprint density at radius 3 is 2.64 bits per heavy atom. The number of pyridine rings is 3. The van der Waals surface area contributed by atoms with E-state index in [0.29, 0.717) is 17.6 Å². The summed E-state index contributed by atoms with van der Waals surface area (Å²) in [5.41, 5.74) is 3.52. The van der Waals surface area contributed by atoms with E-state index >= 15 is 0 Å². The molecule has 0 radical (unpaired) electrons. The largest absolute Gasteiger partial charge is 0.367 e. The molecule has 3 aromatic heterocycles. The summed E-state index contributed by atoms with van der Waals surface area (Å²) in [5, 5.41) is 4.78. The molecule has 33 heavy (non-hydrogen) atoms. The fourth-order valence-electron chi connectivity index (χ4n) is 4.07. The van der Waals surface area contributed by atoms with Gasteiger partial charge >= 0.3 is 0 Å². The second-order valence-corrected chi connectivity index (χ2v) is 9.06. The number of piperazine rings is 1. The molecule has 3 aromatic rings. The first-order valence-electron chi connectivity index (χ1n) is 11.5. The lowest BCUT2D eigenvalue weighted by Gasteiger charge is -2.38. The molecular weight excluding hydrogens is 412 g/mol. The molecule has 1 saturated carbocycles. The molecule has 2 aliphatic rings. The maximum absolute atomic E-state index is 12.1. The summed E-state index contributed by atoms with van der Waals surface area (Å²) in [6.45, 7) is 7.25. The predicted molar refractivity (Wildman–Crippen MR) is 130 cm³/mol. The molecule has 0 spiro atoms. The molecule has 4 heterocycles. The highest BCUT2D eigenvalue weighted by Crippen LogP contribution is 2.30. The highest BCUT2D eigenvalue weighted by atomic mass is 16.2. The molecule has 1 aliphatic carbocycles. The van der Waals surface area contributed by atoms with Crippen molar-refractivity contribution < 1.29 is 4.79 Å². The quantitative estimate of drug-likeness (QED) is 0.631. The van der Waals surface area contributed by atoms with Crippen LogP contribution in [0.3, 0.4) is 0 Å². The summed E-state index contributed by atoms with van der Waals surface area (Å²) in [5.74, 6) is 7.12. The first-order valence-corrected chi connectivity index (χ1v) is 11.5. The minimum absolute atomic E-state index is 0.0410. The van der Waals surface area contributed by atoms with E-state index < -0.39 is 0 Å². The Labute approximate surface area is 194 Å². The Hall–Kier alpha value is -3.50. The van der Waals surface area contributed by atoms with Crippen molar-refractivity contribution in [2.24, 2.45) is 5.92 Å². The molecule has 0 unspecified atom stereocenters. The van der Waals surface area contributed by atoms with Crippen molar-refractivity contribution in [3.63, 3.8) is 0 Å². The molecule has 1 N–H and O–H groups in total. The topological polar surface area (TPSA) is 74.2 Å². The molecule has 0 aromatic carbocycles. The van der Waals surface area contributed by atoms with Gasteiger partial charge in [-0.3, -0.25) is 9.78 Å². The minimum atomic E-state index is 0.0410. The Morgan fingerprint density at radius 2 is 1.91 bits per heavy atom. The summed E-state index contributed by atoms with van der Waals surface area (Å²) in [4.78, 5) is 30.3. The number of carbonyl (C=O) groups excluding carboxylic acids is 1. The molecule has 1 saturated heterocycles. The van der Waals surface area contributed by atoms with E-state index in [4.69, 9.17) is 0 Å². The fourth-order valence-corrected chi connectivity index (χ4v) is 4.07. The molecule has 0 bridgehead atoms. The van der Waals surface area contributed by atoms with Crippen LogP contribution in [0.2, 0.25) is 0 Å². The van der Waals surface area contributed by atoms with Gasteiger partial charge < -0.3 is 15.1 Å². The smallest absolute Gasteiger partial charge is 0.228 e. The van der Waals surface area contributed by atoms with Crippen molar-refractivity contribution in [2.45, 2.75) is 32.7 Å². The van der Waals surface area contributed by atoms with E-state index in [1.807, 2.05) is 25.3 Å². The normalized spacial score (nSPS) is 18.6. The molecule has 2 fully saturated rings. The van der Waals surface area contributed by atoms with Crippen LogP contribution in [-0.2, 0) is 4.79 Å². The number of aromatic nitrogens is 3. The molecule has 1 atom stereocenters. The lowest BCUT2D eigenvalue weighted by molar-refractivity contribution is -0.117. The SMILES string of the molecule is Cc1ncc(C#Cc2ccc(N3CCN(C)[C@H](C)C3)cn2)c2cc(NC(=O)C3CC3)ncc12. The van der Waals surface area contributed by atoms with E-state index in [2.05, 4.69) is 61.9 Å². The van der Waals surface area contributed by atoms with Crippen molar-refractivity contribution in [2.75, 3.05) is 36.9 Å². The van der Waals surface area contributed by atoms with Gasteiger partial charge in [0.1, 0.15) is 11.5 Å². The predicted octanol–water partition coefficient (Wildman–Crippen LogP) is 3.22. The monoisotopic (exact) mass is 440 g/mol. The zero-order valence-corrected chi connectivity index (χ0v) is 19.3. The third-order valence-corrected chi connectivity index (χ3v) is 6.57. The lowest BCUT2D eigenvalue weighted by Crippen LogP contribution is -2.50. The van der Waals surface area contributed by atoms with E-state index in [9.17, 15) is 4.79 Å². The zero-order chi connectivity index (χ0) is 22.9. The summed E-state index contributed by atoms with van der Waals surface area (Å²) >= 11 is 0. The average molecular weight is 441 g/mol. The van der Waals surface area contributed by atoms with Crippen LogP contribution in [0.4, 0.5) is 11.5 Å². The van der Waals surface area contributed by atoms with E-state index in [1.165, 1.54) is 0 Å². The van der Waals surface area contributed by atoms with E-state index in [-0.39, 0.29) is 11.8 Å². The van der Waals surface area contributed by atoms with Crippen molar-refractivity contribution >= 4 is 28.2 Å². The third kappa shape index (κ3) is 4.67. The number of anilines is 2. The second-order valence-electron chi connectivity index (χ2n) is 9.06. The van der Waals surface area contributed by atoms with Crippen LogP contribution in [-0.4, -0.2) is 58.5 Å². The van der Waals surface area contributed by atoms with Gasteiger partial charge in [-0.15, -0.1) is 0 Å².